The van der Waals surface area contributed by atoms with E-state index >= 15 is 0 Å². The van der Waals surface area contributed by atoms with Gasteiger partial charge in [0, 0.05) is 37.8 Å². The number of phenolic OH excluding ortho intramolecular Hbond substituents is 1. The first-order valence-corrected chi connectivity index (χ1v) is 11.8. The van der Waals surface area contributed by atoms with E-state index in [0.29, 0.717) is 18.3 Å². The number of phenols is 1. The van der Waals surface area contributed by atoms with Crippen molar-refractivity contribution in [2.75, 3.05) is 26.7 Å². The van der Waals surface area contributed by atoms with E-state index in [0.717, 1.165) is 50.3 Å². The summed E-state index contributed by atoms with van der Waals surface area (Å²) in [4.78, 5) is 13.7. The Labute approximate surface area is 182 Å². The predicted octanol–water partition coefficient (Wildman–Crippen LogP) is 2.04. The topological polar surface area (TPSA) is 91.3 Å². The summed E-state index contributed by atoms with van der Waals surface area (Å²) in [5.41, 5.74) is 1.78. The van der Waals surface area contributed by atoms with Crippen LogP contribution in [0.1, 0.15) is 49.7 Å². The monoisotopic (exact) mass is 428 g/mol. The van der Waals surface area contributed by atoms with Gasteiger partial charge in [-0.15, -0.1) is 0 Å². The van der Waals surface area contributed by atoms with Gasteiger partial charge < -0.3 is 25.0 Å². The molecule has 2 heterocycles. The first-order valence-electron chi connectivity index (χ1n) is 11.8. The lowest BCUT2D eigenvalue weighted by molar-refractivity contribution is -0.207. The number of benzene rings is 1. The van der Waals surface area contributed by atoms with Crippen molar-refractivity contribution in [3.8, 4) is 11.5 Å². The summed E-state index contributed by atoms with van der Waals surface area (Å²) < 4.78 is 13.1. The Balaban J connectivity index is 1.45. The Morgan fingerprint density at radius 3 is 2.90 bits per heavy atom. The van der Waals surface area contributed by atoms with Crippen LogP contribution < -0.4 is 10.1 Å². The molecule has 7 nitrogen and oxygen atoms in total. The van der Waals surface area contributed by atoms with Gasteiger partial charge in [0.2, 0.25) is 0 Å². The van der Waals surface area contributed by atoms with Gasteiger partial charge in [0.1, 0.15) is 6.10 Å². The van der Waals surface area contributed by atoms with Crippen LogP contribution in [0.25, 0.3) is 0 Å². The zero-order valence-corrected chi connectivity index (χ0v) is 18.1. The molecule has 7 heteroatoms. The Morgan fingerprint density at radius 1 is 1.32 bits per heavy atom. The maximum atomic E-state index is 11.1. The van der Waals surface area contributed by atoms with Crippen LogP contribution in [0.4, 0.5) is 0 Å². The summed E-state index contributed by atoms with van der Waals surface area (Å²) in [5.74, 6) is 0.861. The van der Waals surface area contributed by atoms with Gasteiger partial charge in [-0.1, -0.05) is 6.07 Å². The highest BCUT2D eigenvalue weighted by molar-refractivity contribution is 5.67. The smallest absolute Gasteiger partial charge is 0.304 e. The largest absolute Gasteiger partial charge is 0.504 e. The number of nitrogens with zero attached hydrogens (tertiary/aromatic N) is 1. The average molecular weight is 429 g/mol. The SMILES string of the molecule is CO[C@@]12CC[C@@H](NCCC(=O)O)[C@@H]3Oc4c(O)ccc5c4[C@@]31CCN(CC1CC1)C2C5. The number of carboxylic acids is 1. The third kappa shape index (κ3) is 2.60. The van der Waals surface area contributed by atoms with E-state index in [4.69, 9.17) is 14.6 Å². The molecule has 31 heavy (non-hydrogen) atoms. The van der Waals surface area contributed by atoms with Crippen molar-refractivity contribution in [1.82, 2.24) is 10.2 Å². The summed E-state index contributed by atoms with van der Waals surface area (Å²) in [6.07, 6.45) is 6.25. The number of hydrogen-bond donors (Lipinski definition) is 3. The van der Waals surface area contributed by atoms with Gasteiger partial charge in [0.15, 0.2) is 11.5 Å². The molecule has 5 atom stereocenters. The van der Waals surface area contributed by atoms with Crippen molar-refractivity contribution in [3.05, 3.63) is 23.3 Å². The van der Waals surface area contributed by atoms with E-state index in [-0.39, 0.29) is 35.3 Å². The molecule has 3 fully saturated rings. The molecule has 2 saturated carbocycles. The van der Waals surface area contributed by atoms with Gasteiger partial charge in [-0.2, -0.15) is 0 Å². The molecule has 168 valence electrons. The van der Waals surface area contributed by atoms with Gasteiger partial charge in [-0.25, -0.2) is 0 Å². The fourth-order valence-corrected chi connectivity index (χ4v) is 7.44. The molecule has 0 radical (unpaired) electrons. The molecule has 3 N–H and O–H groups in total. The van der Waals surface area contributed by atoms with Gasteiger partial charge in [0.25, 0.3) is 0 Å². The molecule has 1 unspecified atom stereocenters. The molecular formula is C24H32N2O5. The lowest BCUT2D eigenvalue weighted by Crippen LogP contribution is -2.78. The molecule has 6 rings (SSSR count). The van der Waals surface area contributed by atoms with Crippen LogP contribution in [0, 0.1) is 5.92 Å². The summed E-state index contributed by atoms with van der Waals surface area (Å²) >= 11 is 0. The van der Waals surface area contributed by atoms with E-state index in [9.17, 15) is 9.90 Å². The number of carboxylic acid groups (broad SMARTS) is 1. The predicted molar refractivity (Wildman–Crippen MR) is 114 cm³/mol. The van der Waals surface area contributed by atoms with Crippen LogP contribution in [0.3, 0.4) is 0 Å². The molecule has 1 aromatic carbocycles. The normalized spacial score (nSPS) is 37.9. The van der Waals surface area contributed by atoms with Crippen molar-refractivity contribution in [2.24, 2.45) is 5.92 Å². The number of nitrogens with one attached hydrogen (secondary N) is 1. The Kier molecular flexibility index (Phi) is 4.37. The Morgan fingerprint density at radius 2 is 2.16 bits per heavy atom. The molecule has 5 aliphatic rings. The Hall–Kier alpha value is -1.83. The maximum Gasteiger partial charge on any atom is 0.304 e. The second-order valence-electron chi connectivity index (χ2n) is 10.2. The minimum absolute atomic E-state index is 0.0380. The van der Waals surface area contributed by atoms with Crippen LogP contribution in [0.15, 0.2) is 12.1 Å². The van der Waals surface area contributed by atoms with Gasteiger partial charge >= 0.3 is 5.97 Å². The van der Waals surface area contributed by atoms with Gasteiger partial charge in [-0.3, -0.25) is 9.69 Å². The van der Waals surface area contributed by atoms with Crippen LogP contribution >= 0.6 is 0 Å². The zero-order chi connectivity index (χ0) is 21.4. The lowest BCUT2D eigenvalue weighted by Gasteiger charge is -2.65. The van der Waals surface area contributed by atoms with Crippen LogP contribution in [-0.4, -0.2) is 71.6 Å². The van der Waals surface area contributed by atoms with Crippen molar-refractivity contribution in [3.63, 3.8) is 0 Å². The molecule has 3 aliphatic carbocycles. The van der Waals surface area contributed by atoms with E-state index in [1.807, 2.05) is 7.11 Å². The second kappa shape index (κ2) is 6.83. The molecule has 2 aliphatic heterocycles. The molecule has 0 amide bonds. The lowest BCUT2D eigenvalue weighted by atomic mass is 9.48. The maximum absolute atomic E-state index is 11.1. The number of piperidine rings is 1. The second-order valence-corrected chi connectivity index (χ2v) is 10.2. The van der Waals surface area contributed by atoms with Gasteiger partial charge in [0.05, 0.1) is 17.4 Å². The van der Waals surface area contributed by atoms with Gasteiger partial charge in [-0.05, 0) is 62.6 Å². The highest BCUT2D eigenvalue weighted by Crippen LogP contribution is 2.66. The van der Waals surface area contributed by atoms with Crippen LogP contribution in [-0.2, 0) is 21.4 Å². The number of aliphatic carboxylic acids is 1. The number of aromatic hydroxyl groups is 1. The summed E-state index contributed by atoms with van der Waals surface area (Å²) in [7, 11) is 1.86. The first-order chi connectivity index (χ1) is 15.0. The number of rotatable bonds is 7. The third-order valence-corrected chi connectivity index (χ3v) is 8.83. The molecule has 1 saturated heterocycles. The molecular weight excluding hydrogens is 396 g/mol. The minimum atomic E-state index is -0.797. The van der Waals surface area contributed by atoms with Crippen LogP contribution in [0.2, 0.25) is 0 Å². The van der Waals surface area contributed by atoms with Crippen molar-refractivity contribution in [1.29, 1.82) is 0 Å². The number of ether oxygens (including phenoxy) is 2. The molecule has 1 aromatic rings. The van der Waals surface area contributed by atoms with E-state index in [1.54, 1.807) is 6.07 Å². The van der Waals surface area contributed by atoms with E-state index in [1.165, 1.54) is 18.4 Å². The Bertz CT molecular complexity index is 917. The third-order valence-electron chi connectivity index (χ3n) is 8.83. The van der Waals surface area contributed by atoms with E-state index < -0.39 is 5.97 Å². The van der Waals surface area contributed by atoms with Crippen molar-refractivity contribution in [2.45, 2.75) is 74.1 Å². The minimum Gasteiger partial charge on any atom is -0.504 e. The van der Waals surface area contributed by atoms with E-state index in [2.05, 4.69) is 16.3 Å². The summed E-state index contributed by atoms with van der Waals surface area (Å²) in [5, 5.41) is 23.3. The number of methoxy groups -OCH3 is 1. The highest BCUT2D eigenvalue weighted by atomic mass is 16.5. The zero-order valence-electron chi connectivity index (χ0n) is 18.1. The molecule has 1 spiro atoms. The molecule has 2 bridgehead atoms. The highest BCUT2D eigenvalue weighted by Gasteiger charge is 2.73. The van der Waals surface area contributed by atoms with Crippen molar-refractivity contribution >= 4 is 5.97 Å². The van der Waals surface area contributed by atoms with Crippen LogP contribution in [0.5, 0.6) is 11.5 Å². The summed E-state index contributed by atoms with van der Waals surface area (Å²) in [6, 6.07) is 4.20. The quantitative estimate of drug-likeness (QED) is 0.612. The van der Waals surface area contributed by atoms with Crippen molar-refractivity contribution < 1.29 is 24.5 Å². The fourth-order valence-electron chi connectivity index (χ4n) is 7.44. The molecule has 0 aromatic heterocycles. The standard InChI is InChI=1S/C24H32N2O5/c1-30-24-8-6-16(25-10-7-19(28)29)22-23(24)9-11-26(13-14-2-3-14)18(24)12-15-4-5-17(27)21(31-22)20(15)23/h4-5,14,16,18,22,25,27H,2-3,6-13H2,1H3,(H,28,29)/t16-,18?,22+,23+,24-/m1/s1. The number of carbonyl (C=O) groups is 1. The first kappa shape index (κ1) is 19.8. The number of likely N-dealkylation sites (tertiary alicyclic amines) is 1. The average Bonchev–Trinajstić information content (AvgIpc) is 3.49. The fraction of sp³-hybridized carbons (Fsp3) is 0.708. The summed E-state index contributed by atoms with van der Waals surface area (Å²) in [6.45, 7) is 2.59. The number of hydrogen-bond acceptors (Lipinski definition) is 6.